The van der Waals surface area contributed by atoms with E-state index in [1.54, 1.807) is 12.3 Å². The molecule has 0 spiro atoms. The number of carbonyl (C=O) groups is 1. The third-order valence-electron chi connectivity index (χ3n) is 4.79. The SMILES string of the molecule is Cc1cc(N/C=C2/C(=O)Nc3cc(F)ccc32)ccc1N1CCCC1. The van der Waals surface area contributed by atoms with Gasteiger partial charge in [0.05, 0.1) is 11.3 Å². The zero-order valence-electron chi connectivity index (χ0n) is 14.1. The van der Waals surface area contributed by atoms with E-state index in [4.69, 9.17) is 0 Å². The Hall–Kier alpha value is -2.82. The summed E-state index contributed by atoms with van der Waals surface area (Å²) in [7, 11) is 0. The quantitative estimate of drug-likeness (QED) is 0.828. The summed E-state index contributed by atoms with van der Waals surface area (Å²) in [5.41, 5.74) is 5.15. The lowest BCUT2D eigenvalue weighted by molar-refractivity contribution is -0.110. The van der Waals surface area contributed by atoms with Gasteiger partial charge in [0.2, 0.25) is 0 Å². The first-order valence-electron chi connectivity index (χ1n) is 8.55. The number of nitrogens with one attached hydrogen (secondary N) is 2. The van der Waals surface area contributed by atoms with E-state index >= 15 is 0 Å². The van der Waals surface area contributed by atoms with Gasteiger partial charge in [-0.05, 0) is 61.7 Å². The molecule has 2 aliphatic rings. The van der Waals surface area contributed by atoms with Gasteiger partial charge in [-0.3, -0.25) is 4.79 Å². The first-order chi connectivity index (χ1) is 12.1. The normalized spacial score (nSPS) is 17.8. The molecule has 0 unspecified atom stereocenters. The van der Waals surface area contributed by atoms with Gasteiger partial charge in [-0.1, -0.05) is 0 Å². The van der Waals surface area contributed by atoms with Crippen LogP contribution in [0, 0.1) is 12.7 Å². The number of halogens is 1. The first-order valence-corrected chi connectivity index (χ1v) is 8.55. The summed E-state index contributed by atoms with van der Waals surface area (Å²) in [5.74, 6) is -0.583. The van der Waals surface area contributed by atoms with Gasteiger partial charge in [0.15, 0.2) is 0 Å². The highest BCUT2D eigenvalue weighted by molar-refractivity contribution is 6.31. The molecule has 1 saturated heterocycles. The molecule has 0 aromatic heterocycles. The second kappa shape index (κ2) is 6.24. The molecule has 0 aliphatic carbocycles. The van der Waals surface area contributed by atoms with Gasteiger partial charge in [0.1, 0.15) is 5.82 Å². The van der Waals surface area contributed by atoms with Gasteiger partial charge in [0, 0.05) is 36.2 Å². The van der Waals surface area contributed by atoms with Crippen LogP contribution in [0.4, 0.5) is 21.5 Å². The predicted octanol–water partition coefficient (Wildman–Crippen LogP) is 4.14. The molecule has 4 nitrogen and oxygen atoms in total. The number of benzene rings is 2. The van der Waals surface area contributed by atoms with Crippen LogP contribution in [0.25, 0.3) is 5.57 Å². The number of nitrogens with zero attached hydrogens (tertiary/aromatic N) is 1. The van der Waals surface area contributed by atoms with Gasteiger partial charge in [-0.25, -0.2) is 4.39 Å². The molecule has 2 aliphatic heterocycles. The van der Waals surface area contributed by atoms with Crippen molar-refractivity contribution in [1.29, 1.82) is 0 Å². The molecular formula is C20H20FN3O. The van der Waals surface area contributed by atoms with E-state index < -0.39 is 0 Å². The van der Waals surface area contributed by atoms with Crippen LogP contribution < -0.4 is 15.5 Å². The van der Waals surface area contributed by atoms with Crippen LogP contribution in [0.3, 0.4) is 0 Å². The molecule has 2 heterocycles. The molecule has 1 amide bonds. The highest BCUT2D eigenvalue weighted by atomic mass is 19.1. The zero-order valence-corrected chi connectivity index (χ0v) is 14.1. The predicted molar refractivity (Wildman–Crippen MR) is 99.3 cm³/mol. The molecule has 2 N–H and O–H groups in total. The smallest absolute Gasteiger partial charge is 0.257 e. The summed E-state index contributed by atoms with van der Waals surface area (Å²) in [6.07, 6.45) is 4.19. The maximum absolute atomic E-state index is 13.3. The van der Waals surface area contributed by atoms with Crippen molar-refractivity contribution >= 4 is 28.5 Å². The number of carbonyl (C=O) groups excluding carboxylic acids is 1. The topological polar surface area (TPSA) is 44.4 Å². The Bertz CT molecular complexity index is 869. The van der Waals surface area contributed by atoms with Gasteiger partial charge >= 0.3 is 0 Å². The minimum Gasteiger partial charge on any atom is -0.371 e. The molecular weight excluding hydrogens is 317 g/mol. The lowest BCUT2D eigenvalue weighted by atomic mass is 10.1. The number of fused-ring (bicyclic) bond motifs is 1. The fourth-order valence-corrected chi connectivity index (χ4v) is 3.52. The molecule has 25 heavy (non-hydrogen) atoms. The maximum Gasteiger partial charge on any atom is 0.257 e. The number of aryl methyl sites for hydroxylation is 1. The Kier molecular flexibility index (Phi) is 3.92. The number of rotatable bonds is 3. The second-order valence-corrected chi connectivity index (χ2v) is 6.54. The lowest BCUT2D eigenvalue weighted by Crippen LogP contribution is -2.18. The second-order valence-electron chi connectivity index (χ2n) is 6.54. The van der Waals surface area contributed by atoms with Crippen LogP contribution in [0.5, 0.6) is 0 Å². The van der Waals surface area contributed by atoms with Crippen molar-refractivity contribution < 1.29 is 9.18 Å². The summed E-state index contributed by atoms with van der Waals surface area (Å²) in [5, 5.41) is 5.88. The van der Waals surface area contributed by atoms with Crippen molar-refractivity contribution in [3.8, 4) is 0 Å². The molecule has 4 rings (SSSR count). The van der Waals surface area contributed by atoms with Gasteiger partial charge in [0.25, 0.3) is 5.91 Å². The fraction of sp³-hybridized carbons (Fsp3) is 0.250. The molecule has 0 atom stereocenters. The minimum atomic E-state index is -0.360. The van der Waals surface area contributed by atoms with Crippen molar-refractivity contribution in [3.05, 3.63) is 59.5 Å². The molecule has 128 valence electrons. The van der Waals surface area contributed by atoms with Gasteiger partial charge in [-0.2, -0.15) is 0 Å². The minimum absolute atomic E-state index is 0.224. The molecule has 0 saturated carbocycles. The van der Waals surface area contributed by atoms with E-state index in [1.807, 2.05) is 6.07 Å². The van der Waals surface area contributed by atoms with Crippen molar-refractivity contribution in [2.24, 2.45) is 0 Å². The number of amides is 1. The Morgan fingerprint density at radius 3 is 2.72 bits per heavy atom. The van der Waals surface area contributed by atoms with E-state index in [2.05, 4.69) is 34.6 Å². The highest BCUT2D eigenvalue weighted by Gasteiger charge is 2.24. The van der Waals surface area contributed by atoms with Crippen molar-refractivity contribution in [3.63, 3.8) is 0 Å². The average Bonchev–Trinajstić information content (AvgIpc) is 3.20. The van der Waals surface area contributed by atoms with E-state index in [0.29, 0.717) is 16.8 Å². The maximum atomic E-state index is 13.3. The largest absolute Gasteiger partial charge is 0.371 e. The summed E-state index contributed by atoms with van der Waals surface area (Å²) in [6.45, 7) is 4.34. The standard InChI is InChI=1S/C20H20FN3O/c1-13-10-15(5-7-19(13)24-8-2-3-9-24)22-12-17-16-6-4-14(21)11-18(16)23-20(17)25/h4-7,10-12,22H,2-3,8-9H2,1H3,(H,23,25)/b17-12+. The lowest BCUT2D eigenvalue weighted by Gasteiger charge is -2.20. The summed E-state index contributed by atoms with van der Waals surface area (Å²) in [6, 6.07) is 10.6. The van der Waals surface area contributed by atoms with Crippen LogP contribution >= 0.6 is 0 Å². The zero-order chi connectivity index (χ0) is 17.4. The monoisotopic (exact) mass is 337 g/mol. The Morgan fingerprint density at radius 1 is 1.16 bits per heavy atom. The van der Waals surface area contributed by atoms with Crippen LogP contribution in [0.2, 0.25) is 0 Å². The molecule has 2 aromatic rings. The Morgan fingerprint density at radius 2 is 1.96 bits per heavy atom. The van der Waals surface area contributed by atoms with Crippen molar-refractivity contribution in [2.45, 2.75) is 19.8 Å². The molecule has 2 aromatic carbocycles. The van der Waals surface area contributed by atoms with Crippen LogP contribution in [0.1, 0.15) is 24.0 Å². The average molecular weight is 337 g/mol. The first kappa shape index (κ1) is 15.7. The van der Waals surface area contributed by atoms with Crippen LogP contribution in [-0.2, 0) is 4.79 Å². The number of hydrogen-bond acceptors (Lipinski definition) is 3. The van der Waals surface area contributed by atoms with Crippen molar-refractivity contribution in [1.82, 2.24) is 0 Å². The molecule has 0 bridgehead atoms. The molecule has 0 radical (unpaired) electrons. The Balaban J connectivity index is 1.56. The highest BCUT2D eigenvalue weighted by Crippen LogP contribution is 2.32. The molecule has 1 fully saturated rings. The van der Waals surface area contributed by atoms with Crippen molar-refractivity contribution in [2.75, 3.05) is 28.6 Å². The van der Waals surface area contributed by atoms with E-state index in [9.17, 15) is 9.18 Å². The summed E-state index contributed by atoms with van der Waals surface area (Å²) in [4.78, 5) is 14.5. The van der Waals surface area contributed by atoms with Gasteiger partial charge in [-0.15, -0.1) is 0 Å². The summed E-state index contributed by atoms with van der Waals surface area (Å²) < 4.78 is 13.3. The third-order valence-corrected chi connectivity index (χ3v) is 4.79. The van der Waals surface area contributed by atoms with Crippen LogP contribution in [0.15, 0.2) is 42.6 Å². The number of hydrogen-bond donors (Lipinski definition) is 2. The fourth-order valence-electron chi connectivity index (χ4n) is 3.52. The van der Waals surface area contributed by atoms with Gasteiger partial charge < -0.3 is 15.5 Å². The third kappa shape index (κ3) is 2.97. The van der Waals surface area contributed by atoms with Crippen LogP contribution in [-0.4, -0.2) is 19.0 Å². The van der Waals surface area contributed by atoms with E-state index in [0.717, 1.165) is 18.8 Å². The van der Waals surface area contributed by atoms with E-state index in [-0.39, 0.29) is 11.7 Å². The summed E-state index contributed by atoms with van der Waals surface area (Å²) >= 11 is 0. The number of anilines is 3. The Labute approximate surface area is 146 Å². The van der Waals surface area contributed by atoms with E-state index in [1.165, 1.54) is 36.2 Å². The molecule has 5 heteroatoms.